The van der Waals surface area contributed by atoms with E-state index in [0.29, 0.717) is 11.7 Å². The van der Waals surface area contributed by atoms with E-state index in [1.54, 1.807) is 12.1 Å². The number of nitriles is 3. The Morgan fingerprint density at radius 2 is 2.00 bits per heavy atom. The summed E-state index contributed by atoms with van der Waals surface area (Å²) in [5.74, 6) is 0. The largest absolute Gasteiger partial charge is 0.345 e. The molecule has 5 nitrogen and oxygen atoms in total. The number of piperidine rings is 1. The molecular formula is C18H19N5. The summed E-state index contributed by atoms with van der Waals surface area (Å²) >= 11 is 0. The number of hydrogen-bond donors (Lipinski definition) is 1. The van der Waals surface area contributed by atoms with Crippen molar-refractivity contribution in [2.24, 2.45) is 0 Å². The molecule has 0 radical (unpaired) electrons. The highest BCUT2D eigenvalue weighted by atomic mass is 15.2. The van der Waals surface area contributed by atoms with Gasteiger partial charge in [0.1, 0.15) is 23.9 Å². The number of rotatable bonds is 4. The number of benzene rings is 1. The van der Waals surface area contributed by atoms with Crippen LogP contribution in [0, 0.1) is 34.0 Å². The molecule has 0 aliphatic carbocycles. The predicted molar refractivity (Wildman–Crippen MR) is 87.7 cm³/mol. The lowest BCUT2D eigenvalue weighted by Crippen LogP contribution is -2.36. The lowest BCUT2D eigenvalue weighted by molar-refractivity contribution is 0.152. The van der Waals surface area contributed by atoms with Crippen molar-refractivity contribution in [1.29, 1.82) is 15.8 Å². The maximum atomic E-state index is 9.10. The minimum absolute atomic E-state index is 0.0153. The van der Waals surface area contributed by atoms with E-state index in [9.17, 15) is 0 Å². The van der Waals surface area contributed by atoms with Crippen LogP contribution in [0.5, 0.6) is 0 Å². The van der Waals surface area contributed by atoms with Crippen LogP contribution in [-0.2, 0) is 6.54 Å². The highest BCUT2D eigenvalue weighted by Crippen LogP contribution is 2.21. The molecule has 1 aromatic rings. The van der Waals surface area contributed by atoms with Gasteiger partial charge in [0.05, 0.1) is 0 Å². The Kier molecular flexibility index (Phi) is 5.75. The van der Waals surface area contributed by atoms with Crippen LogP contribution >= 0.6 is 0 Å². The second-order valence-electron chi connectivity index (χ2n) is 5.73. The SMILES string of the molecule is CC1CCCCN1Cc1cccc(NC(C#N)=C(C#N)C#N)c1. The fourth-order valence-corrected chi connectivity index (χ4v) is 2.80. The molecule has 1 unspecified atom stereocenters. The van der Waals surface area contributed by atoms with Crippen LogP contribution in [0.4, 0.5) is 5.69 Å². The van der Waals surface area contributed by atoms with Crippen molar-refractivity contribution in [2.75, 3.05) is 11.9 Å². The molecule has 0 bridgehead atoms. The minimum Gasteiger partial charge on any atom is -0.345 e. The summed E-state index contributed by atoms with van der Waals surface area (Å²) in [4.78, 5) is 2.46. The van der Waals surface area contributed by atoms with Gasteiger partial charge in [-0.25, -0.2) is 0 Å². The molecule has 0 spiro atoms. The topological polar surface area (TPSA) is 86.6 Å². The summed E-state index contributed by atoms with van der Waals surface area (Å²) in [7, 11) is 0. The first-order valence-electron chi connectivity index (χ1n) is 7.72. The van der Waals surface area contributed by atoms with Gasteiger partial charge in [-0.2, -0.15) is 15.8 Å². The summed E-state index contributed by atoms with van der Waals surface area (Å²) in [6.07, 6.45) is 3.75. The molecule has 1 aliphatic rings. The molecule has 1 heterocycles. The third-order valence-corrected chi connectivity index (χ3v) is 4.11. The summed E-state index contributed by atoms with van der Waals surface area (Å²) < 4.78 is 0. The normalized spacial score (nSPS) is 17.4. The Hall–Kier alpha value is -2.81. The van der Waals surface area contributed by atoms with Gasteiger partial charge >= 0.3 is 0 Å². The fourth-order valence-electron chi connectivity index (χ4n) is 2.80. The van der Waals surface area contributed by atoms with E-state index < -0.39 is 0 Å². The third-order valence-electron chi connectivity index (χ3n) is 4.11. The van der Waals surface area contributed by atoms with Crippen molar-refractivity contribution in [3.63, 3.8) is 0 Å². The molecule has 1 aliphatic heterocycles. The molecule has 1 atom stereocenters. The zero-order valence-electron chi connectivity index (χ0n) is 13.2. The average Bonchev–Trinajstić information content (AvgIpc) is 2.57. The van der Waals surface area contributed by atoms with Crippen molar-refractivity contribution < 1.29 is 0 Å². The van der Waals surface area contributed by atoms with E-state index in [4.69, 9.17) is 15.8 Å². The van der Waals surface area contributed by atoms with Gasteiger partial charge in [-0.05, 0) is 44.0 Å². The average molecular weight is 305 g/mol. The van der Waals surface area contributed by atoms with Crippen LogP contribution < -0.4 is 5.32 Å². The standard InChI is InChI=1S/C18H19N5/c1-14-5-2-3-8-23(14)13-15-6-4-7-17(9-15)22-18(12-21)16(10-19)11-20/h4,6-7,9,14,22H,2-3,5,8,13H2,1H3. The van der Waals surface area contributed by atoms with Gasteiger partial charge in [0.2, 0.25) is 0 Å². The highest BCUT2D eigenvalue weighted by molar-refractivity contribution is 5.58. The van der Waals surface area contributed by atoms with Crippen LogP contribution in [0.2, 0.25) is 0 Å². The summed E-state index contributed by atoms with van der Waals surface area (Å²) in [6, 6.07) is 13.7. The molecule has 23 heavy (non-hydrogen) atoms. The van der Waals surface area contributed by atoms with Crippen molar-refractivity contribution >= 4 is 5.69 Å². The number of nitrogens with zero attached hydrogens (tertiary/aromatic N) is 4. The van der Waals surface area contributed by atoms with Crippen molar-refractivity contribution in [2.45, 2.75) is 38.8 Å². The Morgan fingerprint density at radius 3 is 2.65 bits per heavy atom. The Labute approximate surface area is 137 Å². The number of hydrogen-bond acceptors (Lipinski definition) is 5. The summed E-state index contributed by atoms with van der Waals surface area (Å²) in [5.41, 5.74) is 1.64. The minimum atomic E-state index is -0.206. The molecule has 0 saturated carbocycles. The maximum Gasteiger partial charge on any atom is 0.163 e. The third kappa shape index (κ3) is 4.33. The van der Waals surface area contributed by atoms with E-state index in [0.717, 1.165) is 18.7 Å². The first-order valence-corrected chi connectivity index (χ1v) is 7.72. The lowest BCUT2D eigenvalue weighted by atomic mass is 10.0. The quantitative estimate of drug-likeness (QED) is 0.862. The maximum absolute atomic E-state index is 9.10. The Bertz CT molecular complexity index is 698. The van der Waals surface area contributed by atoms with Crippen molar-refractivity contribution in [3.05, 3.63) is 41.1 Å². The van der Waals surface area contributed by atoms with E-state index in [1.807, 2.05) is 24.3 Å². The van der Waals surface area contributed by atoms with Crippen LogP contribution in [0.1, 0.15) is 31.7 Å². The van der Waals surface area contributed by atoms with Gasteiger partial charge in [-0.15, -0.1) is 0 Å². The van der Waals surface area contributed by atoms with Gasteiger partial charge in [0, 0.05) is 18.3 Å². The smallest absolute Gasteiger partial charge is 0.163 e. The molecule has 1 aromatic carbocycles. The van der Waals surface area contributed by atoms with Crippen molar-refractivity contribution in [1.82, 2.24) is 4.90 Å². The van der Waals surface area contributed by atoms with E-state index in [-0.39, 0.29) is 11.3 Å². The highest BCUT2D eigenvalue weighted by Gasteiger charge is 2.18. The van der Waals surface area contributed by atoms with Gasteiger partial charge in [-0.3, -0.25) is 4.90 Å². The van der Waals surface area contributed by atoms with Crippen LogP contribution in [-0.4, -0.2) is 17.5 Å². The first kappa shape index (κ1) is 16.6. The van der Waals surface area contributed by atoms with Gasteiger partial charge in [0.25, 0.3) is 0 Å². The van der Waals surface area contributed by atoms with E-state index in [2.05, 4.69) is 23.2 Å². The molecule has 2 rings (SSSR count). The number of nitrogens with one attached hydrogen (secondary N) is 1. The second-order valence-corrected chi connectivity index (χ2v) is 5.73. The predicted octanol–water partition coefficient (Wildman–Crippen LogP) is 3.30. The molecule has 0 amide bonds. The molecule has 5 heteroatoms. The molecule has 0 aromatic heterocycles. The van der Waals surface area contributed by atoms with E-state index in [1.165, 1.54) is 19.3 Å². The van der Waals surface area contributed by atoms with Crippen molar-refractivity contribution in [3.8, 4) is 18.2 Å². The Morgan fingerprint density at radius 1 is 1.22 bits per heavy atom. The number of likely N-dealkylation sites (tertiary alicyclic amines) is 1. The molecular weight excluding hydrogens is 286 g/mol. The van der Waals surface area contributed by atoms with E-state index >= 15 is 0 Å². The first-order chi connectivity index (χ1) is 11.2. The molecule has 116 valence electrons. The number of allylic oxidation sites excluding steroid dienone is 2. The molecule has 1 N–H and O–H groups in total. The second kappa shape index (κ2) is 7.99. The van der Waals surface area contributed by atoms with Gasteiger partial charge < -0.3 is 5.32 Å². The van der Waals surface area contributed by atoms with Gasteiger partial charge in [0.15, 0.2) is 5.57 Å². The van der Waals surface area contributed by atoms with Gasteiger partial charge in [-0.1, -0.05) is 18.6 Å². The molecule has 1 saturated heterocycles. The lowest BCUT2D eigenvalue weighted by Gasteiger charge is -2.33. The molecule has 1 fully saturated rings. The zero-order valence-corrected chi connectivity index (χ0v) is 13.2. The van der Waals surface area contributed by atoms with Crippen LogP contribution in [0.3, 0.4) is 0 Å². The zero-order chi connectivity index (χ0) is 16.7. The number of anilines is 1. The fraction of sp³-hybridized carbons (Fsp3) is 0.389. The summed E-state index contributed by atoms with van der Waals surface area (Å²) in [6.45, 7) is 4.23. The monoisotopic (exact) mass is 305 g/mol. The van der Waals surface area contributed by atoms with Crippen LogP contribution in [0.25, 0.3) is 0 Å². The summed E-state index contributed by atoms with van der Waals surface area (Å²) in [5, 5.41) is 29.7. The Balaban J connectivity index is 2.14. The van der Waals surface area contributed by atoms with Crippen LogP contribution in [0.15, 0.2) is 35.5 Å².